The molecule has 1 aliphatic carbocycles. The van der Waals surface area contributed by atoms with Crippen molar-refractivity contribution in [3.8, 4) is 11.3 Å². The van der Waals surface area contributed by atoms with E-state index in [1.807, 2.05) is 30.3 Å². The molecule has 37 heavy (non-hydrogen) atoms. The van der Waals surface area contributed by atoms with E-state index in [1.165, 1.54) is 24.3 Å². The summed E-state index contributed by atoms with van der Waals surface area (Å²) in [4.78, 5) is 0.0167. The van der Waals surface area contributed by atoms with E-state index in [0.29, 0.717) is 22.5 Å². The zero-order valence-electron chi connectivity index (χ0n) is 20.4. The molecular formula is C25H27N5O5S2. The van der Waals surface area contributed by atoms with Crippen LogP contribution in [-0.4, -0.2) is 31.8 Å². The second-order valence-electron chi connectivity index (χ2n) is 9.08. The highest BCUT2D eigenvalue weighted by Gasteiger charge is 2.27. The van der Waals surface area contributed by atoms with Gasteiger partial charge in [-0.05, 0) is 51.0 Å². The van der Waals surface area contributed by atoms with Gasteiger partial charge in [-0.15, -0.1) is 0 Å². The van der Waals surface area contributed by atoms with Crippen molar-refractivity contribution in [2.24, 2.45) is 0 Å². The lowest BCUT2D eigenvalue weighted by atomic mass is 10.2. The third-order valence-corrected chi connectivity index (χ3v) is 9.26. The highest BCUT2D eigenvalue weighted by molar-refractivity contribution is 7.93. The molecule has 10 nitrogen and oxygen atoms in total. The Morgan fingerprint density at radius 2 is 1.57 bits per heavy atom. The molecule has 2 aromatic carbocycles. The summed E-state index contributed by atoms with van der Waals surface area (Å²) in [6.45, 7) is 3.40. The molecule has 12 heteroatoms. The maximum atomic E-state index is 13.5. The quantitative estimate of drug-likeness (QED) is 0.325. The normalized spacial score (nSPS) is 14.6. The molecule has 0 unspecified atom stereocenters. The van der Waals surface area contributed by atoms with Crippen LogP contribution >= 0.6 is 0 Å². The van der Waals surface area contributed by atoms with E-state index in [-0.39, 0.29) is 27.4 Å². The molecule has 0 spiro atoms. The first-order chi connectivity index (χ1) is 17.6. The van der Waals surface area contributed by atoms with Crippen molar-refractivity contribution in [2.75, 3.05) is 9.44 Å². The fourth-order valence-electron chi connectivity index (χ4n) is 4.33. The van der Waals surface area contributed by atoms with E-state index in [0.717, 1.165) is 25.7 Å². The molecule has 0 atom stereocenters. The summed E-state index contributed by atoms with van der Waals surface area (Å²) in [5, 5.41) is 8.41. The van der Waals surface area contributed by atoms with Crippen LogP contribution in [0.3, 0.4) is 0 Å². The van der Waals surface area contributed by atoms with Crippen molar-refractivity contribution >= 4 is 31.6 Å². The molecule has 1 fully saturated rings. The number of sulfonamides is 2. The largest absolute Gasteiger partial charge is 0.337 e. The number of nitrogens with one attached hydrogen (secondary N) is 2. The van der Waals surface area contributed by atoms with Gasteiger partial charge in [0.15, 0.2) is 0 Å². The van der Waals surface area contributed by atoms with Gasteiger partial charge < -0.3 is 4.52 Å². The number of benzene rings is 2. The first kappa shape index (κ1) is 25.0. The molecule has 5 rings (SSSR count). The van der Waals surface area contributed by atoms with Crippen LogP contribution in [0.5, 0.6) is 0 Å². The van der Waals surface area contributed by atoms with Crippen LogP contribution in [0.2, 0.25) is 0 Å². The third kappa shape index (κ3) is 5.12. The lowest BCUT2D eigenvalue weighted by Gasteiger charge is -2.10. The Hall–Kier alpha value is -3.64. The fraction of sp³-hybridized carbons (Fsp3) is 0.280. The fourth-order valence-corrected chi connectivity index (χ4v) is 6.59. The average Bonchev–Trinajstić information content (AvgIpc) is 3.62. The summed E-state index contributed by atoms with van der Waals surface area (Å²) in [6, 6.07) is 14.8. The van der Waals surface area contributed by atoms with Crippen molar-refractivity contribution in [1.82, 2.24) is 14.9 Å². The molecule has 2 N–H and O–H groups in total. The number of hydrogen-bond donors (Lipinski definition) is 2. The minimum atomic E-state index is -4.02. The Kier molecular flexibility index (Phi) is 6.54. The molecule has 1 aliphatic rings. The van der Waals surface area contributed by atoms with Crippen LogP contribution < -0.4 is 9.44 Å². The third-order valence-electron chi connectivity index (χ3n) is 6.53. The van der Waals surface area contributed by atoms with Crippen LogP contribution in [0.15, 0.2) is 75.1 Å². The lowest BCUT2D eigenvalue weighted by Crippen LogP contribution is -2.15. The first-order valence-electron chi connectivity index (χ1n) is 11.9. The van der Waals surface area contributed by atoms with Gasteiger partial charge >= 0.3 is 0 Å². The van der Waals surface area contributed by atoms with Gasteiger partial charge in [-0.1, -0.05) is 48.3 Å². The summed E-state index contributed by atoms with van der Waals surface area (Å²) in [7, 11) is -7.98. The van der Waals surface area contributed by atoms with Crippen molar-refractivity contribution in [1.29, 1.82) is 0 Å². The van der Waals surface area contributed by atoms with E-state index in [9.17, 15) is 16.8 Å². The zero-order valence-corrected chi connectivity index (χ0v) is 22.0. The molecule has 1 saturated carbocycles. The molecular weight excluding hydrogens is 514 g/mol. The van der Waals surface area contributed by atoms with E-state index >= 15 is 0 Å². The van der Waals surface area contributed by atoms with Gasteiger partial charge in [-0.3, -0.25) is 9.40 Å². The summed E-state index contributed by atoms with van der Waals surface area (Å²) in [6.07, 6.45) is 5.68. The maximum absolute atomic E-state index is 13.5. The Morgan fingerprint density at radius 3 is 2.19 bits per heavy atom. The van der Waals surface area contributed by atoms with E-state index in [1.54, 1.807) is 24.7 Å². The van der Waals surface area contributed by atoms with Crippen molar-refractivity contribution in [2.45, 2.75) is 55.4 Å². The van der Waals surface area contributed by atoms with Gasteiger partial charge in [-0.2, -0.15) is 5.10 Å². The first-order valence-corrected chi connectivity index (χ1v) is 14.8. The second-order valence-corrected chi connectivity index (χ2v) is 12.4. The van der Waals surface area contributed by atoms with Crippen molar-refractivity contribution in [3.63, 3.8) is 0 Å². The average molecular weight is 542 g/mol. The van der Waals surface area contributed by atoms with Crippen LogP contribution in [0.1, 0.15) is 43.0 Å². The standard InChI is InChI=1S/C25H27N5O5S2/c1-17-18(2)27-35-25(17)29-36(31,32)22-14-12-20(13-15-22)28-37(33,34)23-16-30(21-10-6-7-11-21)26-24(23)19-8-4-3-5-9-19/h3-5,8-9,12-16,21,28-29H,6-7,10-11H2,1-2H3. The van der Waals surface area contributed by atoms with Crippen LogP contribution in [-0.2, 0) is 20.0 Å². The van der Waals surface area contributed by atoms with Crippen LogP contribution in [0.25, 0.3) is 11.3 Å². The number of anilines is 2. The zero-order chi connectivity index (χ0) is 26.2. The lowest BCUT2D eigenvalue weighted by molar-refractivity contribution is 0.430. The van der Waals surface area contributed by atoms with Gasteiger partial charge in [0.05, 0.1) is 16.6 Å². The predicted molar refractivity (Wildman–Crippen MR) is 139 cm³/mol. The molecule has 0 radical (unpaired) electrons. The molecule has 194 valence electrons. The van der Waals surface area contributed by atoms with Gasteiger partial charge in [0.25, 0.3) is 20.0 Å². The topological polar surface area (TPSA) is 136 Å². The van der Waals surface area contributed by atoms with Gasteiger partial charge in [0.1, 0.15) is 10.6 Å². The Bertz CT molecular complexity index is 1620. The Morgan fingerprint density at radius 1 is 0.892 bits per heavy atom. The minimum Gasteiger partial charge on any atom is -0.337 e. The molecule has 2 heterocycles. The predicted octanol–water partition coefficient (Wildman–Crippen LogP) is 4.87. The number of hydrogen-bond acceptors (Lipinski definition) is 7. The van der Waals surface area contributed by atoms with Gasteiger partial charge in [-0.25, -0.2) is 21.6 Å². The molecule has 0 bridgehead atoms. The van der Waals surface area contributed by atoms with E-state index in [4.69, 9.17) is 4.52 Å². The summed E-state index contributed by atoms with van der Waals surface area (Å²) in [5.41, 5.74) is 2.46. The molecule has 4 aromatic rings. The number of aryl methyl sites for hydroxylation is 1. The molecule has 0 amide bonds. The SMILES string of the molecule is Cc1noc(NS(=O)(=O)c2ccc(NS(=O)(=O)c3cn(C4CCCC4)nc3-c3ccccc3)cc2)c1C. The minimum absolute atomic E-state index is 0.0370. The van der Waals surface area contributed by atoms with E-state index < -0.39 is 20.0 Å². The summed E-state index contributed by atoms with van der Waals surface area (Å²) < 4.78 is 64.2. The molecule has 0 saturated heterocycles. The van der Waals surface area contributed by atoms with Gasteiger partial charge in [0, 0.05) is 23.0 Å². The summed E-state index contributed by atoms with van der Waals surface area (Å²) >= 11 is 0. The summed E-state index contributed by atoms with van der Waals surface area (Å²) in [5.74, 6) is 0.0370. The maximum Gasteiger partial charge on any atom is 0.265 e. The Labute approximate surface area is 215 Å². The van der Waals surface area contributed by atoms with Crippen LogP contribution in [0.4, 0.5) is 11.6 Å². The van der Waals surface area contributed by atoms with E-state index in [2.05, 4.69) is 19.7 Å². The van der Waals surface area contributed by atoms with Gasteiger partial charge in [0.2, 0.25) is 5.88 Å². The van der Waals surface area contributed by atoms with Crippen LogP contribution in [0, 0.1) is 13.8 Å². The monoisotopic (exact) mass is 541 g/mol. The number of aromatic nitrogens is 3. The highest BCUT2D eigenvalue weighted by atomic mass is 32.2. The Balaban J connectivity index is 1.41. The number of nitrogens with zero attached hydrogens (tertiary/aromatic N) is 3. The second kappa shape index (κ2) is 9.67. The smallest absolute Gasteiger partial charge is 0.265 e. The van der Waals surface area contributed by atoms with Crippen molar-refractivity contribution in [3.05, 3.63) is 72.1 Å². The highest BCUT2D eigenvalue weighted by Crippen LogP contribution is 2.34. The molecule has 0 aliphatic heterocycles. The number of rotatable bonds is 8. The molecule has 2 aromatic heterocycles. The van der Waals surface area contributed by atoms with Crippen molar-refractivity contribution < 1.29 is 21.4 Å².